The molecule has 0 fully saturated rings. The second-order valence-corrected chi connectivity index (χ2v) is 33.5. The van der Waals surface area contributed by atoms with E-state index in [2.05, 4.69) is 77.8 Å². The smallest absolute Gasteiger partial charge is 0.148 e. The van der Waals surface area contributed by atoms with Crippen LogP contribution in [0.5, 0.6) is 11.5 Å². The van der Waals surface area contributed by atoms with Crippen molar-refractivity contribution in [3.8, 4) is 135 Å². The molecule has 0 aliphatic heterocycles. The Bertz CT molecular complexity index is 7790. The fourth-order valence-corrected chi connectivity index (χ4v) is 14.6. The van der Waals surface area contributed by atoms with E-state index in [-0.39, 0.29) is 104 Å². The average Bonchev–Trinajstić information content (AvgIpc) is 1.57. The van der Waals surface area contributed by atoms with E-state index in [1.54, 1.807) is 93.8 Å². The summed E-state index contributed by atoms with van der Waals surface area (Å²) in [7, 11) is 0. The number of hydrogen-bond acceptors (Lipinski definition) is 6. The minimum absolute atomic E-state index is 0. The molecule has 10 heteroatoms. The molecule has 0 bridgehead atoms. The van der Waals surface area contributed by atoms with Crippen molar-refractivity contribution in [2.45, 2.75) is 166 Å². The molecule has 0 saturated carbocycles. The summed E-state index contributed by atoms with van der Waals surface area (Å²) in [6.45, 7) is 24.3. The molecule has 4 aromatic heterocycles. The molecule has 0 aliphatic carbocycles. The van der Waals surface area contributed by atoms with Crippen molar-refractivity contribution >= 4 is 22.1 Å². The van der Waals surface area contributed by atoms with E-state index in [4.69, 9.17) is 41.5 Å². The molecule has 8 nitrogen and oxygen atoms in total. The normalized spacial score (nSPS) is 15.3. The van der Waals surface area contributed by atoms with Crippen LogP contribution in [0.2, 0.25) is 0 Å². The first kappa shape index (κ1) is 58.7. The number of phenolic OH excluding ortho intramolecular Hbond substituents is 2. The zero-order valence-corrected chi connectivity index (χ0v) is 73.9. The number of aromatic hydroxyl groups is 2. The van der Waals surface area contributed by atoms with Crippen LogP contribution in [0.25, 0.3) is 145 Å². The van der Waals surface area contributed by atoms with Crippen molar-refractivity contribution in [3.05, 3.63) is 334 Å². The van der Waals surface area contributed by atoms with Gasteiger partial charge in [-0.05, 0) is 220 Å². The van der Waals surface area contributed by atoms with Gasteiger partial charge in [-0.3, -0.25) is 19.1 Å². The van der Waals surface area contributed by atoms with Gasteiger partial charge in [0.15, 0.2) is 0 Å². The van der Waals surface area contributed by atoms with Crippen LogP contribution in [0.1, 0.15) is 203 Å². The summed E-state index contributed by atoms with van der Waals surface area (Å²) in [5.74, 6) is -1.30. The zero-order chi connectivity index (χ0) is 104. The van der Waals surface area contributed by atoms with Crippen molar-refractivity contribution < 1.29 is 86.6 Å². The summed E-state index contributed by atoms with van der Waals surface area (Å²) in [5.41, 5.74) is 11.9. The Morgan fingerprint density at radius 1 is 0.370 bits per heavy atom. The van der Waals surface area contributed by atoms with Crippen LogP contribution in [0.15, 0.2) is 255 Å². The van der Waals surface area contributed by atoms with Gasteiger partial charge in [-0.2, -0.15) is 0 Å². The number of rotatable bonds is 14. The zero-order valence-electron chi connectivity index (χ0n) is 94.4. The van der Waals surface area contributed by atoms with Crippen LogP contribution in [-0.2, 0) is 58.4 Å². The van der Waals surface area contributed by atoms with Gasteiger partial charge >= 0.3 is 0 Å². The number of fused-ring (bicyclic) bond motifs is 2. The SMILES string of the molecule is [2H]c1nc(-c2[c-]c(-c3cccc4c3nc(-c3cc(C)cc(C)c3O)n4-c3ccc(-c4cc(C([2H])(C)C)cc(C([2H])(C)C)c4)cc3C([2H])([2H])[2H])cc(C(C)(C)C)c2)c([2H])c(-c2c([2H])c([2H])c(C([2H])([2H])[2H])c([2H])c2[2H])c1[2H].[2H]c1nc(-c2[c-]c(-c3cccc4c3nc(-c3cc(C)cc(C)c3O)n4-c3ccc(C(C)(C)C)cc3-c3ccccc3)cc(C(C)(C)C)c2)c([2H])c(-c2c([2H])c([2H])c(C([2H])([2H])[2H])c([2H])c2[2H])c1[2H].[Pt].[Pt]. The van der Waals surface area contributed by atoms with E-state index < -0.39 is 156 Å². The second-order valence-electron chi connectivity index (χ2n) is 33.5. The minimum atomic E-state index is -3.00. The van der Waals surface area contributed by atoms with E-state index in [1.807, 2.05) is 147 Å². The quantitative estimate of drug-likeness (QED) is 0.105. The molecule has 0 radical (unpaired) electrons. The molecule has 0 saturated heterocycles. The number of para-hydroxylation sites is 2. The maximum atomic E-state index is 11.8. The number of benzene rings is 12. The number of aryl methyl sites for hydroxylation is 5. The van der Waals surface area contributed by atoms with E-state index in [9.17, 15) is 13.0 Å². The van der Waals surface area contributed by atoms with Crippen molar-refractivity contribution in [1.29, 1.82) is 0 Å². The molecule has 12 aromatic carbocycles. The minimum Gasteiger partial charge on any atom is -0.507 e. The van der Waals surface area contributed by atoms with Crippen LogP contribution in [0.4, 0.5) is 0 Å². The monoisotopic (exact) mass is 1950 g/mol. The third-order valence-corrected chi connectivity index (χ3v) is 21.1. The summed E-state index contributed by atoms with van der Waals surface area (Å²) in [6, 6.07) is 51.5. The number of hydrogen-bond donors (Lipinski definition) is 2. The van der Waals surface area contributed by atoms with Crippen molar-refractivity contribution in [3.63, 3.8) is 0 Å². The Balaban J connectivity index is 0.000000240. The topological polar surface area (TPSA) is 102 Å². The summed E-state index contributed by atoms with van der Waals surface area (Å²) in [5, 5.41) is 23.6. The Labute approximate surface area is 768 Å². The predicted molar refractivity (Wildman–Crippen MR) is 491 cm³/mol. The number of nitrogens with zero attached hydrogens (tertiary/aromatic N) is 6. The van der Waals surface area contributed by atoms with Crippen LogP contribution < -0.4 is 0 Å². The molecule has 119 heavy (non-hydrogen) atoms. The van der Waals surface area contributed by atoms with Gasteiger partial charge in [0.2, 0.25) is 0 Å². The standard InChI is InChI=1S/C56H56N3O.C53H50N3O.2Pt/c1-33(2)42-26-43(34(3)4)28-44(27-42)40-19-20-51(37(7)25-40)59-52-14-12-13-48(53(52)58-55(59)49-24-36(6)23-38(8)54(49)60)45-29-46(31-47(30-45)56(9,10)11)50-32-41(21-22-57-50)39-17-15-35(5)16-18-39;1-33-18-20-36(21-19-33)38-24-25-54-46(31-38)40-28-39(29-42(30-40)53(7,8)9)43-16-13-17-48-49(43)55-51(45-27-34(2)26-35(3)50(45)57)56(48)47-23-22-41(52(4,5)6)32-44(47)37-14-11-10-12-15-37;;/h12-28,30-34,60H,1-11H3;10-27,29-32,57H,1-9H3;;/q2*-1;;/i5D3,7D3,15D,16D,17D,18D,21D,22D,32D,33D,34D;1D3,18D,19D,20D,21D,24D,25D,31D;;. The molecule has 0 atom stereocenters. The Morgan fingerprint density at radius 2 is 0.815 bits per heavy atom. The number of phenols is 2. The average molecular weight is 1950 g/mol. The second kappa shape index (κ2) is 34.3. The van der Waals surface area contributed by atoms with E-state index in [0.717, 1.165) is 44.6 Å². The molecule has 0 amide bonds. The van der Waals surface area contributed by atoms with Crippen molar-refractivity contribution in [1.82, 2.24) is 29.1 Å². The summed E-state index contributed by atoms with van der Waals surface area (Å²) < 4.78 is 220. The Hall–Kier alpha value is -11.1. The number of imidazole rings is 2. The van der Waals surface area contributed by atoms with Gasteiger partial charge < -0.3 is 10.2 Å². The van der Waals surface area contributed by atoms with Gasteiger partial charge in [0.1, 0.15) is 23.1 Å². The molecule has 0 unspecified atom stereocenters. The van der Waals surface area contributed by atoms with E-state index in [0.29, 0.717) is 94.7 Å². The molecule has 0 spiro atoms. The molecule has 16 aromatic rings. The largest absolute Gasteiger partial charge is 0.507 e. The van der Waals surface area contributed by atoms with Gasteiger partial charge in [-0.15, -0.1) is 58.7 Å². The van der Waals surface area contributed by atoms with Crippen LogP contribution in [0.3, 0.4) is 0 Å². The molecule has 16 rings (SSSR count). The predicted octanol–water partition coefficient (Wildman–Crippen LogP) is 28.8. The van der Waals surface area contributed by atoms with Gasteiger partial charge in [0, 0.05) is 86.5 Å². The fraction of sp³-hybridized carbons (Fsp3) is 0.229. The number of aromatic nitrogens is 6. The maximum absolute atomic E-state index is 11.8. The Kier molecular flexibility index (Phi) is 16.9. The molecule has 0 aliphatic rings. The summed E-state index contributed by atoms with van der Waals surface area (Å²) in [4.78, 5) is 19.4. The van der Waals surface area contributed by atoms with E-state index in [1.165, 1.54) is 0 Å². The van der Waals surface area contributed by atoms with E-state index >= 15 is 0 Å². The van der Waals surface area contributed by atoms with Crippen LogP contribution >= 0.6 is 0 Å². The van der Waals surface area contributed by atoms with Gasteiger partial charge in [-0.1, -0.05) is 281 Å². The maximum Gasteiger partial charge on any atom is 0.148 e. The van der Waals surface area contributed by atoms with Crippen LogP contribution in [0, 0.1) is 60.4 Å². The summed E-state index contributed by atoms with van der Waals surface area (Å²) in [6.07, 6.45) is -1.23. The molecule has 4 heterocycles. The van der Waals surface area contributed by atoms with Crippen molar-refractivity contribution in [2.24, 2.45) is 0 Å². The first-order valence-electron chi connectivity index (χ1n) is 51.3. The Morgan fingerprint density at radius 3 is 1.25 bits per heavy atom. The fourth-order valence-electron chi connectivity index (χ4n) is 14.6. The summed E-state index contributed by atoms with van der Waals surface area (Å²) >= 11 is 0. The number of pyridine rings is 2. The third kappa shape index (κ3) is 17.8. The molecular formula is C109H106N6O2Pt2-2. The molecule has 2 N–H and O–H groups in total. The van der Waals surface area contributed by atoms with Gasteiger partial charge in [-0.25, -0.2) is 9.97 Å². The molecule has 606 valence electrons. The van der Waals surface area contributed by atoms with Gasteiger partial charge in [0.05, 0.1) is 63.8 Å². The van der Waals surface area contributed by atoms with Crippen molar-refractivity contribution in [2.75, 3.05) is 0 Å². The third-order valence-electron chi connectivity index (χ3n) is 21.1. The van der Waals surface area contributed by atoms with Crippen LogP contribution in [-0.4, -0.2) is 39.3 Å². The first-order chi connectivity index (χ1) is 65.8. The van der Waals surface area contributed by atoms with Gasteiger partial charge in [0.25, 0.3) is 0 Å². The molecular weight excluding hydrogens is 1820 g/mol. The first-order valence-corrected chi connectivity index (χ1v) is 38.8.